The van der Waals surface area contributed by atoms with Crippen molar-refractivity contribution in [2.75, 3.05) is 11.9 Å². The number of nitro groups is 1. The smallest absolute Gasteiger partial charge is 0.274 e. The van der Waals surface area contributed by atoms with Gasteiger partial charge in [0.15, 0.2) is 0 Å². The number of rotatable bonds is 6. The summed E-state index contributed by atoms with van der Waals surface area (Å²) in [6.45, 7) is 4.39. The lowest BCUT2D eigenvalue weighted by Gasteiger charge is -2.08. The summed E-state index contributed by atoms with van der Waals surface area (Å²) in [5, 5.41) is 16.0. The van der Waals surface area contributed by atoms with Gasteiger partial charge in [0, 0.05) is 25.1 Å². The predicted molar refractivity (Wildman–Crippen MR) is 69.4 cm³/mol. The molecule has 0 aliphatic heterocycles. The van der Waals surface area contributed by atoms with E-state index in [9.17, 15) is 19.3 Å². The molecule has 2 N–H and O–H groups in total. The number of anilines is 1. The first kappa shape index (κ1) is 15.0. The largest absolute Gasteiger partial charge is 0.326 e. The van der Waals surface area contributed by atoms with Crippen molar-refractivity contribution in [1.82, 2.24) is 5.32 Å². The summed E-state index contributed by atoms with van der Waals surface area (Å²) >= 11 is 0. The van der Waals surface area contributed by atoms with Crippen molar-refractivity contribution in [2.45, 2.75) is 26.3 Å². The van der Waals surface area contributed by atoms with Crippen LogP contribution < -0.4 is 10.6 Å². The van der Waals surface area contributed by atoms with Gasteiger partial charge < -0.3 is 10.6 Å². The second-order valence-corrected chi connectivity index (χ2v) is 4.36. The van der Waals surface area contributed by atoms with Crippen LogP contribution in [0.25, 0.3) is 0 Å². The second kappa shape index (κ2) is 6.79. The van der Waals surface area contributed by atoms with Gasteiger partial charge in [-0.05, 0) is 6.07 Å². The highest BCUT2D eigenvalue weighted by atomic mass is 19.1. The predicted octanol–water partition coefficient (Wildman–Crippen LogP) is 2.06. The molecule has 0 heterocycles. The van der Waals surface area contributed by atoms with E-state index in [0.717, 1.165) is 18.2 Å². The fraction of sp³-hybridized carbons (Fsp3) is 0.417. The van der Waals surface area contributed by atoms with Crippen molar-refractivity contribution >= 4 is 17.3 Å². The van der Waals surface area contributed by atoms with Gasteiger partial charge in [0.25, 0.3) is 5.69 Å². The molecule has 0 spiro atoms. The van der Waals surface area contributed by atoms with Crippen molar-refractivity contribution in [2.24, 2.45) is 0 Å². The van der Waals surface area contributed by atoms with Crippen LogP contribution in [0.1, 0.15) is 20.3 Å². The Bertz CT molecular complexity index is 477. The molecule has 0 saturated carbocycles. The van der Waals surface area contributed by atoms with Gasteiger partial charge >= 0.3 is 0 Å². The molecule has 1 amide bonds. The Morgan fingerprint density at radius 1 is 1.42 bits per heavy atom. The number of halogens is 1. The third-order valence-corrected chi connectivity index (χ3v) is 2.28. The summed E-state index contributed by atoms with van der Waals surface area (Å²) in [5.41, 5.74) is -0.308. The zero-order valence-corrected chi connectivity index (χ0v) is 10.8. The van der Waals surface area contributed by atoms with Gasteiger partial charge in [0.05, 0.1) is 16.7 Å². The third-order valence-electron chi connectivity index (χ3n) is 2.28. The highest BCUT2D eigenvalue weighted by Crippen LogP contribution is 2.19. The number of hydrogen-bond acceptors (Lipinski definition) is 4. The van der Waals surface area contributed by atoms with Crippen LogP contribution in [0, 0.1) is 15.9 Å². The summed E-state index contributed by atoms with van der Waals surface area (Å²) in [6, 6.07) is 3.23. The Morgan fingerprint density at radius 2 is 2.11 bits per heavy atom. The first-order valence-corrected chi connectivity index (χ1v) is 5.86. The van der Waals surface area contributed by atoms with E-state index >= 15 is 0 Å². The van der Waals surface area contributed by atoms with Gasteiger partial charge in [-0.25, -0.2) is 4.39 Å². The highest BCUT2D eigenvalue weighted by Gasteiger charge is 2.11. The van der Waals surface area contributed by atoms with E-state index < -0.39 is 16.4 Å². The molecule has 0 radical (unpaired) electrons. The molecule has 1 rings (SSSR count). The van der Waals surface area contributed by atoms with E-state index in [1.807, 2.05) is 13.8 Å². The summed E-state index contributed by atoms with van der Waals surface area (Å²) < 4.78 is 13.1. The Labute approximate surface area is 110 Å². The van der Waals surface area contributed by atoms with Crippen molar-refractivity contribution in [3.05, 3.63) is 34.1 Å². The van der Waals surface area contributed by atoms with Gasteiger partial charge in [-0.1, -0.05) is 13.8 Å². The van der Waals surface area contributed by atoms with Crippen molar-refractivity contribution in [3.8, 4) is 0 Å². The van der Waals surface area contributed by atoms with Crippen LogP contribution in [-0.4, -0.2) is 23.4 Å². The topological polar surface area (TPSA) is 84.3 Å². The number of amides is 1. The highest BCUT2D eigenvalue weighted by molar-refractivity contribution is 5.91. The van der Waals surface area contributed by atoms with E-state index in [-0.39, 0.29) is 24.1 Å². The van der Waals surface area contributed by atoms with Crippen LogP contribution in [0.3, 0.4) is 0 Å². The number of carbonyl (C=O) groups is 1. The van der Waals surface area contributed by atoms with Gasteiger partial charge in [0.2, 0.25) is 5.91 Å². The van der Waals surface area contributed by atoms with Crippen LogP contribution in [0.15, 0.2) is 18.2 Å². The van der Waals surface area contributed by atoms with Crippen LogP contribution in [0.5, 0.6) is 0 Å². The van der Waals surface area contributed by atoms with Gasteiger partial charge in [-0.15, -0.1) is 0 Å². The second-order valence-electron chi connectivity index (χ2n) is 4.36. The fourth-order valence-corrected chi connectivity index (χ4v) is 1.45. The zero-order chi connectivity index (χ0) is 14.4. The summed E-state index contributed by atoms with van der Waals surface area (Å²) in [6.07, 6.45) is 0.211. The van der Waals surface area contributed by atoms with Gasteiger partial charge in [-0.3, -0.25) is 14.9 Å². The molecule has 0 aromatic heterocycles. The molecule has 0 saturated heterocycles. The quantitative estimate of drug-likeness (QED) is 0.611. The maximum Gasteiger partial charge on any atom is 0.274 e. The maximum absolute atomic E-state index is 13.1. The first-order chi connectivity index (χ1) is 8.88. The average molecular weight is 269 g/mol. The molecule has 0 aliphatic carbocycles. The minimum absolute atomic E-state index is 0.0845. The van der Waals surface area contributed by atoms with E-state index in [1.165, 1.54) is 0 Å². The summed E-state index contributed by atoms with van der Waals surface area (Å²) in [5.74, 6) is -1.09. The Balaban J connectivity index is 2.61. The zero-order valence-electron chi connectivity index (χ0n) is 10.8. The monoisotopic (exact) mass is 269 g/mol. The number of nitrogens with zero attached hydrogens (tertiary/aromatic N) is 1. The van der Waals surface area contributed by atoms with Gasteiger partial charge in [-0.2, -0.15) is 0 Å². The molecule has 1 aromatic rings. The number of non-ortho nitro benzene ring substituents is 1. The van der Waals surface area contributed by atoms with E-state index in [0.29, 0.717) is 6.54 Å². The third kappa shape index (κ3) is 5.43. The molecule has 0 fully saturated rings. The lowest BCUT2D eigenvalue weighted by atomic mass is 10.2. The number of nitro benzene ring substituents is 1. The molecule has 19 heavy (non-hydrogen) atoms. The van der Waals surface area contributed by atoms with Crippen LogP contribution >= 0.6 is 0 Å². The first-order valence-electron chi connectivity index (χ1n) is 5.86. The molecule has 6 nitrogen and oxygen atoms in total. The number of benzene rings is 1. The molecule has 0 unspecified atom stereocenters. The fourth-order valence-electron chi connectivity index (χ4n) is 1.45. The molecule has 0 atom stereocenters. The van der Waals surface area contributed by atoms with E-state index in [1.54, 1.807) is 0 Å². The molecule has 7 heteroatoms. The lowest BCUT2D eigenvalue weighted by Crippen LogP contribution is -2.27. The average Bonchev–Trinajstić information content (AvgIpc) is 2.27. The molecule has 0 aliphatic rings. The molecular formula is C12H16FN3O3. The minimum atomic E-state index is -0.759. The van der Waals surface area contributed by atoms with Crippen molar-refractivity contribution < 1.29 is 14.1 Å². The maximum atomic E-state index is 13.1. The van der Waals surface area contributed by atoms with E-state index in [4.69, 9.17) is 0 Å². The van der Waals surface area contributed by atoms with Crippen LogP contribution in [0.2, 0.25) is 0 Å². The Kier molecular flexibility index (Phi) is 5.37. The van der Waals surface area contributed by atoms with Crippen molar-refractivity contribution in [3.63, 3.8) is 0 Å². The number of carbonyl (C=O) groups excluding carboxylic acids is 1. The number of hydrogen-bond donors (Lipinski definition) is 2. The summed E-state index contributed by atoms with van der Waals surface area (Å²) in [4.78, 5) is 21.4. The van der Waals surface area contributed by atoms with Crippen LogP contribution in [-0.2, 0) is 4.79 Å². The molecule has 104 valence electrons. The lowest BCUT2D eigenvalue weighted by molar-refractivity contribution is -0.385. The van der Waals surface area contributed by atoms with E-state index in [2.05, 4.69) is 10.6 Å². The molecule has 0 bridgehead atoms. The minimum Gasteiger partial charge on any atom is -0.326 e. The molecule has 1 aromatic carbocycles. The van der Waals surface area contributed by atoms with Crippen LogP contribution in [0.4, 0.5) is 15.8 Å². The number of nitrogens with one attached hydrogen (secondary N) is 2. The Hall–Kier alpha value is -2.02. The molecular weight excluding hydrogens is 253 g/mol. The normalized spacial score (nSPS) is 10.5. The van der Waals surface area contributed by atoms with Gasteiger partial charge in [0.1, 0.15) is 5.82 Å². The summed E-state index contributed by atoms with van der Waals surface area (Å²) in [7, 11) is 0. The Morgan fingerprint density at radius 3 is 2.68 bits per heavy atom. The standard InChI is InChI=1S/C12H16FN3O3/c1-8(2)14-4-3-12(17)15-10-5-9(13)6-11(7-10)16(18)19/h5-8,14H,3-4H2,1-2H3,(H,15,17). The van der Waals surface area contributed by atoms with Crippen molar-refractivity contribution in [1.29, 1.82) is 0 Å². The SMILES string of the molecule is CC(C)NCCC(=O)Nc1cc(F)cc([N+](=O)[O-])c1.